The number of hydrogen-bond acceptors (Lipinski definition) is 7. The van der Waals surface area contributed by atoms with E-state index in [2.05, 4.69) is 25.6 Å². The Morgan fingerprint density at radius 3 is 2.45 bits per heavy atom. The molecule has 3 aromatic rings. The Hall–Kier alpha value is -3.66. The summed E-state index contributed by atoms with van der Waals surface area (Å²) in [7, 11) is 3.10. The molecule has 2 amide bonds. The third kappa shape index (κ3) is 5.98. The van der Waals surface area contributed by atoms with E-state index in [1.165, 1.54) is 18.9 Å². The van der Waals surface area contributed by atoms with Gasteiger partial charge in [-0.1, -0.05) is 30.0 Å². The van der Waals surface area contributed by atoms with E-state index in [-0.39, 0.29) is 23.6 Å². The number of carbonyl (C=O) groups excluding carboxylic acids is 3. The first kappa shape index (κ1) is 24.0. The van der Waals surface area contributed by atoms with Crippen molar-refractivity contribution in [1.82, 2.24) is 20.1 Å². The zero-order chi connectivity index (χ0) is 24.0. The van der Waals surface area contributed by atoms with Gasteiger partial charge in [0, 0.05) is 18.3 Å². The number of esters is 1. The molecule has 0 aliphatic carbocycles. The summed E-state index contributed by atoms with van der Waals surface area (Å²) in [6, 6.07) is 13.4. The molecule has 0 fully saturated rings. The summed E-state index contributed by atoms with van der Waals surface area (Å²) in [5.74, 6) is -0.148. The molecular formula is C23H25N5O4S. The summed E-state index contributed by atoms with van der Waals surface area (Å²) < 4.78 is 6.41. The minimum atomic E-state index is -0.439. The van der Waals surface area contributed by atoms with Crippen LogP contribution in [0.3, 0.4) is 0 Å². The zero-order valence-electron chi connectivity index (χ0n) is 18.8. The standard InChI is InChI=1S/C23H25N5O4S/c1-14-7-5-6-8-18(14)21(30)24-15(2)20-26-27-23(28(20)3)33-13-19(29)25-17-11-9-16(10-12-17)22(31)32-4/h5-12,15H,13H2,1-4H3,(H,24,30)(H,25,29)/t15-/m0/s1. The van der Waals surface area contributed by atoms with Crippen LogP contribution >= 0.6 is 11.8 Å². The average Bonchev–Trinajstić information content (AvgIpc) is 3.18. The van der Waals surface area contributed by atoms with Gasteiger partial charge in [0.25, 0.3) is 5.91 Å². The van der Waals surface area contributed by atoms with E-state index in [9.17, 15) is 14.4 Å². The van der Waals surface area contributed by atoms with Crippen molar-refractivity contribution in [2.24, 2.45) is 7.05 Å². The molecule has 0 saturated carbocycles. The highest BCUT2D eigenvalue weighted by Crippen LogP contribution is 2.20. The Morgan fingerprint density at radius 2 is 1.79 bits per heavy atom. The third-order valence-corrected chi connectivity index (χ3v) is 5.94. The van der Waals surface area contributed by atoms with Crippen LogP contribution in [0.5, 0.6) is 0 Å². The van der Waals surface area contributed by atoms with Gasteiger partial charge in [0.1, 0.15) is 0 Å². The minimum Gasteiger partial charge on any atom is -0.465 e. The number of methoxy groups -OCH3 is 1. The first-order chi connectivity index (χ1) is 15.8. The van der Waals surface area contributed by atoms with Gasteiger partial charge in [-0.2, -0.15) is 0 Å². The molecule has 33 heavy (non-hydrogen) atoms. The van der Waals surface area contributed by atoms with Crippen LogP contribution in [0.2, 0.25) is 0 Å². The summed E-state index contributed by atoms with van der Waals surface area (Å²) in [5, 5.41) is 14.6. The average molecular weight is 468 g/mol. The number of anilines is 1. The molecule has 0 bridgehead atoms. The number of aromatic nitrogens is 3. The number of rotatable bonds is 8. The Labute approximate surface area is 195 Å². The minimum absolute atomic E-state index is 0.120. The normalized spacial score (nSPS) is 11.5. The molecule has 10 heteroatoms. The number of nitrogens with one attached hydrogen (secondary N) is 2. The summed E-state index contributed by atoms with van der Waals surface area (Å²) in [5.41, 5.74) is 2.47. The molecule has 0 aliphatic heterocycles. The molecule has 1 atom stereocenters. The molecule has 0 saturated heterocycles. The Kier molecular flexibility index (Phi) is 7.83. The summed E-state index contributed by atoms with van der Waals surface area (Å²) in [4.78, 5) is 36.4. The van der Waals surface area contributed by atoms with Gasteiger partial charge in [-0.05, 0) is 49.7 Å². The number of amides is 2. The summed E-state index contributed by atoms with van der Waals surface area (Å²) in [6.07, 6.45) is 0. The number of nitrogens with zero attached hydrogens (tertiary/aromatic N) is 3. The maximum atomic E-state index is 12.6. The topological polar surface area (TPSA) is 115 Å². The Balaban J connectivity index is 1.56. The largest absolute Gasteiger partial charge is 0.465 e. The maximum Gasteiger partial charge on any atom is 0.337 e. The molecule has 0 spiro atoms. The van der Waals surface area contributed by atoms with Crippen molar-refractivity contribution in [3.05, 3.63) is 71.0 Å². The Bertz CT molecular complexity index is 1160. The third-order valence-electron chi connectivity index (χ3n) is 4.92. The van der Waals surface area contributed by atoms with Crippen molar-refractivity contribution >= 4 is 35.2 Å². The molecule has 1 heterocycles. The van der Waals surface area contributed by atoms with Gasteiger partial charge in [0.05, 0.1) is 24.5 Å². The van der Waals surface area contributed by atoms with Gasteiger partial charge < -0.3 is 19.9 Å². The van der Waals surface area contributed by atoms with Gasteiger partial charge in [-0.15, -0.1) is 10.2 Å². The lowest BCUT2D eigenvalue weighted by Gasteiger charge is -2.14. The summed E-state index contributed by atoms with van der Waals surface area (Å²) >= 11 is 1.23. The van der Waals surface area contributed by atoms with Crippen LogP contribution in [-0.4, -0.2) is 45.4 Å². The van der Waals surface area contributed by atoms with Gasteiger partial charge in [-0.25, -0.2) is 4.79 Å². The van der Waals surface area contributed by atoms with E-state index >= 15 is 0 Å². The number of benzene rings is 2. The number of hydrogen-bond donors (Lipinski definition) is 2. The molecule has 1 aromatic heterocycles. The number of carbonyl (C=O) groups is 3. The molecule has 172 valence electrons. The second-order valence-corrected chi connectivity index (χ2v) is 8.26. The van der Waals surface area contributed by atoms with E-state index in [1.54, 1.807) is 41.9 Å². The molecular weight excluding hydrogens is 442 g/mol. The van der Waals surface area contributed by atoms with E-state index in [0.29, 0.717) is 27.8 Å². The lowest BCUT2D eigenvalue weighted by molar-refractivity contribution is -0.113. The highest BCUT2D eigenvalue weighted by molar-refractivity contribution is 7.99. The van der Waals surface area contributed by atoms with E-state index in [0.717, 1.165) is 5.56 Å². The summed E-state index contributed by atoms with van der Waals surface area (Å²) in [6.45, 7) is 3.72. The van der Waals surface area contributed by atoms with Gasteiger partial charge >= 0.3 is 5.97 Å². The van der Waals surface area contributed by atoms with E-state index in [4.69, 9.17) is 0 Å². The van der Waals surface area contributed by atoms with E-state index in [1.807, 2.05) is 32.0 Å². The fourth-order valence-corrected chi connectivity index (χ4v) is 3.85. The zero-order valence-corrected chi connectivity index (χ0v) is 19.6. The highest BCUT2D eigenvalue weighted by Gasteiger charge is 2.19. The molecule has 2 N–H and O–H groups in total. The van der Waals surface area contributed by atoms with Crippen LogP contribution in [0.25, 0.3) is 0 Å². The molecule has 3 rings (SSSR count). The predicted molar refractivity (Wildman–Crippen MR) is 125 cm³/mol. The molecule has 9 nitrogen and oxygen atoms in total. The van der Waals surface area contributed by atoms with Gasteiger partial charge in [-0.3, -0.25) is 9.59 Å². The second kappa shape index (κ2) is 10.8. The predicted octanol–water partition coefficient (Wildman–Crippen LogP) is 3.13. The first-order valence-corrected chi connectivity index (χ1v) is 11.2. The van der Waals surface area contributed by atoms with Crippen molar-refractivity contribution < 1.29 is 19.1 Å². The van der Waals surface area contributed by atoms with Crippen molar-refractivity contribution in [3.8, 4) is 0 Å². The quantitative estimate of drug-likeness (QED) is 0.386. The lowest BCUT2D eigenvalue weighted by atomic mass is 10.1. The van der Waals surface area contributed by atoms with Gasteiger partial charge in [0.15, 0.2) is 11.0 Å². The number of thioether (sulfide) groups is 1. The molecule has 0 unspecified atom stereocenters. The van der Waals surface area contributed by atoms with Crippen LogP contribution in [-0.2, 0) is 16.6 Å². The number of aryl methyl sites for hydroxylation is 1. The van der Waals surface area contributed by atoms with Crippen LogP contribution in [0.4, 0.5) is 5.69 Å². The maximum absolute atomic E-state index is 12.6. The highest BCUT2D eigenvalue weighted by atomic mass is 32.2. The smallest absolute Gasteiger partial charge is 0.337 e. The first-order valence-electron chi connectivity index (χ1n) is 10.2. The second-order valence-electron chi connectivity index (χ2n) is 7.32. The fourth-order valence-electron chi connectivity index (χ4n) is 3.13. The van der Waals surface area contributed by atoms with Crippen molar-refractivity contribution in [2.75, 3.05) is 18.2 Å². The van der Waals surface area contributed by atoms with Crippen molar-refractivity contribution in [1.29, 1.82) is 0 Å². The van der Waals surface area contributed by atoms with Crippen LogP contribution < -0.4 is 10.6 Å². The SMILES string of the molecule is COC(=O)c1ccc(NC(=O)CSc2nnc([C@H](C)NC(=O)c3ccccc3C)n2C)cc1. The van der Waals surface area contributed by atoms with Crippen molar-refractivity contribution in [3.63, 3.8) is 0 Å². The lowest BCUT2D eigenvalue weighted by Crippen LogP contribution is -2.29. The van der Waals surface area contributed by atoms with Crippen LogP contribution in [0, 0.1) is 6.92 Å². The molecule has 0 radical (unpaired) electrons. The number of ether oxygens (including phenoxy) is 1. The van der Waals surface area contributed by atoms with Crippen LogP contribution in [0.15, 0.2) is 53.7 Å². The molecule has 2 aromatic carbocycles. The van der Waals surface area contributed by atoms with E-state index < -0.39 is 5.97 Å². The Morgan fingerprint density at radius 1 is 1.09 bits per heavy atom. The monoisotopic (exact) mass is 467 g/mol. The fraction of sp³-hybridized carbons (Fsp3) is 0.261. The van der Waals surface area contributed by atoms with Crippen LogP contribution in [0.1, 0.15) is 45.1 Å². The van der Waals surface area contributed by atoms with Crippen molar-refractivity contribution in [2.45, 2.75) is 25.0 Å². The van der Waals surface area contributed by atoms with Gasteiger partial charge in [0.2, 0.25) is 5.91 Å². The molecule has 0 aliphatic rings.